The molecule has 2 aromatic rings. The zero-order valence-electron chi connectivity index (χ0n) is 22.2. The van der Waals surface area contributed by atoms with E-state index in [0.29, 0.717) is 25.9 Å². The number of nitrogens with zero attached hydrogens (tertiary/aromatic N) is 1. The van der Waals surface area contributed by atoms with Crippen LogP contribution >= 0.6 is 0 Å². The minimum absolute atomic E-state index is 0.0482. The summed E-state index contributed by atoms with van der Waals surface area (Å²) in [6.07, 6.45) is 1.62. The van der Waals surface area contributed by atoms with Crippen LogP contribution < -0.4 is 11.1 Å². The van der Waals surface area contributed by atoms with E-state index in [1.54, 1.807) is 4.90 Å². The Kier molecular flexibility index (Phi) is 12.3. The summed E-state index contributed by atoms with van der Waals surface area (Å²) in [5, 5.41) is 24.3. The Hall–Kier alpha value is -3.23. The summed E-state index contributed by atoms with van der Waals surface area (Å²) >= 11 is 0. The van der Waals surface area contributed by atoms with Gasteiger partial charge in [0.05, 0.1) is 12.1 Å². The molecule has 202 valence electrons. The Balaban J connectivity index is 2.38. The van der Waals surface area contributed by atoms with Crippen LogP contribution in [0.5, 0.6) is 0 Å². The molecule has 3 amide bonds. The molecule has 5 N–H and O–H groups in total. The maximum atomic E-state index is 13.4. The largest absolute Gasteiger partial charge is 0.390 e. The normalized spacial score (nSPS) is 13.4. The number of hydrogen-bond donors (Lipinski definition) is 4. The van der Waals surface area contributed by atoms with Crippen LogP contribution in [-0.4, -0.2) is 64.2 Å². The second-order valence-electron chi connectivity index (χ2n) is 9.43. The monoisotopic (exact) mass is 511 g/mol. The van der Waals surface area contributed by atoms with E-state index >= 15 is 0 Å². The number of aliphatic hydroxyl groups excluding tert-OH is 2. The highest BCUT2D eigenvalue weighted by Gasteiger charge is 2.29. The lowest BCUT2D eigenvalue weighted by atomic mass is 9.94. The first-order valence-electron chi connectivity index (χ1n) is 13.2. The third kappa shape index (κ3) is 8.98. The molecule has 3 atom stereocenters. The summed E-state index contributed by atoms with van der Waals surface area (Å²) in [4.78, 5) is 40.3. The molecule has 0 aliphatic heterocycles. The van der Waals surface area contributed by atoms with Gasteiger partial charge in [0, 0.05) is 29.8 Å². The predicted octanol–water partition coefficient (Wildman–Crippen LogP) is 3.30. The van der Waals surface area contributed by atoms with Gasteiger partial charge in [0.25, 0.3) is 11.8 Å². The fraction of sp³-hybridized carbons (Fsp3) is 0.483. The summed E-state index contributed by atoms with van der Waals surface area (Å²) in [6, 6.07) is 12.8. The van der Waals surface area contributed by atoms with Crippen molar-refractivity contribution in [3.05, 3.63) is 70.8 Å². The zero-order valence-corrected chi connectivity index (χ0v) is 22.2. The molecule has 0 aliphatic carbocycles. The Morgan fingerprint density at radius 2 is 1.49 bits per heavy atom. The van der Waals surface area contributed by atoms with Gasteiger partial charge in [-0.25, -0.2) is 0 Å². The summed E-state index contributed by atoms with van der Waals surface area (Å²) in [5.41, 5.74) is 6.73. The molecule has 8 nitrogen and oxygen atoms in total. The summed E-state index contributed by atoms with van der Waals surface area (Å²) in [7, 11) is 0. The van der Waals surface area contributed by atoms with Crippen molar-refractivity contribution in [2.24, 2.45) is 5.73 Å². The molecule has 0 fully saturated rings. The van der Waals surface area contributed by atoms with Gasteiger partial charge in [-0.2, -0.15) is 0 Å². The van der Waals surface area contributed by atoms with Crippen molar-refractivity contribution in [1.82, 2.24) is 10.2 Å². The molecule has 0 bridgehead atoms. The van der Waals surface area contributed by atoms with Gasteiger partial charge in [0.15, 0.2) is 0 Å². The number of rotatable bonds is 15. The molecule has 0 radical (unpaired) electrons. The highest BCUT2D eigenvalue weighted by molar-refractivity contribution is 6.04. The second kappa shape index (κ2) is 15.1. The molecule has 0 heterocycles. The fourth-order valence-electron chi connectivity index (χ4n) is 4.29. The minimum Gasteiger partial charge on any atom is -0.390 e. The summed E-state index contributed by atoms with van der Waals surface area (Å²) < 4.78 is 0. The number of aliphatic hydroxyl groups is 2. The first-order valence-corrected chi connectivity index (χ1v) is 13.2. The van der Waals surface area contributed by atoms with Gasteiger partial charge in [-0.05, 0) is 49.4 Å². The average molecular weight is 512 g/mol. The molecular formula is C29H41N3O5. The van der Waals surface area contributed by atoms with Gasteiger partial charge in [-0.15, -0.1) is 0 Å². The third-order valence-corrected chi connectivity index (χ3v) is 6.28. The maximum absolute atomic E-state index is 13.4. The molecule has 0 saturated carbocycles. The molecule has 0 spiro atoms. The number of nitrogens with two attached hydrogens (primary N) is 1. The second-order valence-corrected chi connectivity index (χ2v) is 9.43. The number of nitrogens with one attached hydrogen (secondary N) is 1. The van der Waals surface area contributed by atoms with Gasteiger partial charge >= 0.3 is 0 Å². The highest BCUT2D eigenvalue weighted by atomic mass is 16.3. The summed E-state index contributed by atoms with van der Waals surface area (Å²) in [6.45, 7) is 7.05. The fourth-order valence-corrected chi connectivity index (χ4v) is 4.29. The van der Waals surface area contributed by atoms with E-state index in [9.17, 15) is 24.6 Å². The van der Waals surface area contributed by atoms with Crippen molar-refractivity contribution in [1.29, 1.82) is 0 Å². The molecule has 2 rings (SSSR count). The first-order chi connectivity index (χ1) is 17.7. The van der Waals surface area contributed by atoms with Crippen LogP contribution in [0.3, 0.4) is 0 Å². The van der Waals surface area contributed by atoms with E-state index in [1.807, 2.05) is 51.1 Å². The predicted molar refractivity (Wildman–Crippen MR) is 144 cm³/mol. The topological polar surface area (TPSA) is 133 Å². The van der Waals surface area contributed by atoms with E-state index < -0.39 is 30.1 Å². The lowest BCUT2D eigenvalue weighted by molar-refractivity contribution is -0.00813. The smallest absolute Gasteiger partial charge is 0.253 e. The average Bonchev–Trinajstić information content (AvgIpc) is 2.90. The molecule has 2 aromatic carbocycles. The van der Waals surface area contributed by atoms with E-state index in [1.165, 1.54) is 18.2 Å². The van der Waals surface area contributed by atoms with Crippen LogP contribution in [-0.2, 0) is 6.42 Å². The Morgan fingerprint density at radius 1 is 0.892 bits per heavy atom. The number of amides is 3. The van der Waals surface area contributed by atoms with Gasteiger partial charge in [-0.1, -0.05) is 63.9 Å². The molecule has 3 unspecified atom stereocenters. The molecule has 0 saturated heterocycles. The van der Waals surface area contributed by atoms with Crippen LogP contribution in [0.1, 0.15) is 89.5 Å². The lowest BCUT2D eigenvalue weighted by Crippen LogP contribution is -2.49. The van der Waals surface area contributed by atoms with Crippen LogP contribution in [0.2, 0.25) is 0 Å². The molecule has 0 aromatic heterocycles. The number of hydrogen-bond acceptors (Lipinski definition) is 5. The van der Waals surface area contributed by atoms with Gasteiger partial charge in [0.1, 0.15) is 6.10 Å². The van der Waals surface area contributed by atoms with E-state index in [0.717, 1.165) is 31.2 Å². The van der Waals surface area contributed by atoms with Crippen LogP contribution in [0, 0.1) is 0 Å². The minimum atomic E-state index is -1.21. The van der Waals surface area contributed by atoms with Crippen molar-refractivity contribution in [3.63, 3.8) is 0 Å². The van der Waals surface area contributed by atoms with Crippen molar-refractivity contribution < 1.29 is 24.6 Å². The molecule has 0 aliphatic rings. The molecular weight excluding hydrogens is 470 g/mol. The number of carbonyl (C=O) groups is 3. The number of benzene rings is 2. The number of primary amides is 1. The third-order valence-electron chi connectivity index (χ3n) is 6.28. The Labute approximate surface area is 219 Å². The Morgan fingerprint density at radius 3 is 2.05 bits per heavy atom. The summed E-state index contributed by atoms with van der Waals surface area (Å²) in [5.74, 6) is -1.61. The van der Waals surface area contributed by atoms with Crippen LogP contribution in [0.15, 0.2) is 48.5 Å². The van der Waals surface area contributed by atoms with Crippen molar-refractivity contribution in [2.75, 3.05) is 13.1 Å². The highest BCUT2D eigenvalue weighted by Crippen LogP contribution is 2.17. The van der Waals surface area contributed by atoms with Crippen LogP contribution in [0.4, 0.5) is 0 Å². The van der Waals surface area contributed by atoms with Gasteiger partial charge in [-0.3, -0.25) is 14.4 Å². The lowest BCUT2D eigenvalue weighted by Gasteiger charge is -2.28. The quantitative estimate of drug-likeness (QED) is 0.291. The Bertz CT molecular complexity index is 1020. The van der Waals surface area contributed by atoms with E-state index in [2.05, 4.69) is 5.32 Å². The van der Waals surface area contributed by atoms with Crippen LogP contribution in [0.25, 0.3) is 0 Å². The van der Waals surface area contributed by atoms with E-state index in [-0.39, 0.29) is 22.6 Å². The van der Waals surface area contributed by atoms with Gasteiger partial charge < -0.3 is 26.2 Å². The standard InChI is InChI=1S/C29H41N3O5/c1-4-7-13-25(33)26(34)24(16-20-11-9-8-10-12-20)31-28(36)22-17-21(27(30)35)18-23(19-22)29(37)32(14-5-2)15-6-3/h8-12,17-19,24-26,33-34H,4-7,13-16H2,1-3H3,(H2,30,35)(H,31,36). The van der Waals surface area contributed by atoms with Gasteiger partial charge in [0.2, 0.25) is 5.91 Å². The number of unbranched alkanes of at least 4 members (excludes halogenated alkanes) is 1. The molecule has 8 heteroatoms. The zero-order chi connectivity index (χ0) is 27.4. The van der Waals surface area contributed by atoms with Crippen molar-refractivity contribution in [3.8, 4) is 0 Å². The number of carbonyl (C=O) groups excluding carboxylic acids is 3. The maximum Gasteiger partial charge on any atom is 0.253 e. The van der Waals surface area contributed by atoms with Crippen molar-refractivity contribution in [2.45, 2.75) is 77.5 Å². The van der Waals surface area contributed by atoms with Crippen molar-refractivity contribution >= 4 is 17.7 Å². The molecule has 37 heavy (non-hydrogen) atoms. The first kappa shape index (κ1) is 30.0. The van der Waals surface area contributed by atoms with E-state index in [4.69, 9.17) is 5.73 Å². The SMILES string of the molecule is CCCCC(O)C(O)C(Cc1ccccc1)NC(=O)c1cc(C(N)=O)cc(C(=O)N(CCC)CCC)c1.